The van der Waals surface area contributed by atoms with Crippen LogP contribution in [0.1, 0.15) is 31.9 Å². The minimum Gasteiger partial charge on any atom is -0.306 e. The Morgan fingerprint density at radius 3 is 2.29 bits per heavy atom. The Morgan fingerprint density at radius 2 is 1.64 bits per heavy atom. The third-order valence-corrected chi connectivity index (χ3v) is 6.37. The fourth-order valence-corrected chi connectivity index (χ4v) is 4.79. The van der Waals surface area contributed by atoms with Crippen molar-refractivity contribution >= 4 is 40.7 Å². The summed E-state index contributed by atoms with van der Waals surface area (Å²) < 4.78 is 0. The van der Waals surface area contributed by atoms with Crippen LogP contribution < -0.4 is 10.2 Å². The van der Waals surface area contributed by atoms with Crippen molar-refractivity contribution in [2.45, 2.75) is 32.4 Å². The second-order valence-corrected chi connectivity index (χ2v) is 8.77. The molecule has 2 amide bonds. The number of hydrogen-bond acceptors (Lipinski definition) is 3. The number of nitrogens with zero attached hydrogens (tertiary/aromatic N) is 1. The van der Waals surface area contributed by atoms with Gasteiger partial charge in [0.1, 0.15) is 0 Å². The van der Waals surface area contributed by atoms with E-state index >= 15 is 0 Å². The number of amides is 2. The average molecular weight is 417 g/mol. The van der Waals surface area contributed by atoms with E-state index in [9.17, 15) is 9.59 Å². The van der Waals surface area contributed by atoms with Crippen LogP contribution in [-0.2, 0) is 9.59 Å². The number of hydrogen-bond donors (Lipinski definition) is 1. The van der Waals surface area contributed by atoms with Crippen molar-refractivity contribution in [3.63, 3.8) is 0 Å². The van der Waals surface area contributed by atoms with Gasteiger partial charge in [-0.25, -0.2) is 4.90 Å². The molecule has 6 heteroatoms. The number of carbonyl (C=O) groups excluding carboxylic acids is 2. The third kappa shape index (κ3) is 3.24. The lowest BCUT2D eigenvalue weighted by atomic mass is 9.84. The summed E-state index contributed by atoms with van der Waals surface area (Å²) in [6, 6.07) is 14.2. The molecule has 0 radical (unpaired) electrons. The summed E-state index contributed by atoms with van der Waals surface area (Å²) in [6.07, 6.45) is 0.820. The summed E-state index contributed by atoms with van der Waals surface area (Å²) in [4.78, 5) is 28.0. The molecule has 2 aliphatic rings. The van der Waals surface area contributed by atoms with E-state index < -0.39 is 5.92 Å². The van der Waals surface area contributed by atoms with Gasteiger partial charge in [0.15, 0.2) is 0 Å². The second-order valence-electron chi connectivity index (χ2n) is 7.95. The van der Waals surface area contributed by atoms with Crippen LogP contribution in [0.2, 0.25) is 10.0 Å². The molecule has 4 nitrogen and oxygen atoms in total. The number of fused-ring (bicyclic) bond motifs is 1. The van der Waals surface area contributed by atoms with E-state index in [4.69, 9.17) is 23.2 Å². The van der Waals surface area contributed by atoms with E-state index in [0.717, 1.165) is 12.0 Å². The largest absolute Gasteiger partial charge is 0.306 e. The van der Waals surface area contributed by atoms with Crippen LogP contribution in [0.5, 0.6) is 0 Å². The van der Waals surface area contributed by atoms with Crippen LogP contribution in [0.3, 0.4) is 0 Å². The van der Waals surface area contributed by atoms with Crippen molar-refractivity contribution in [1.82, 2.24) is 5.32 Å². The highest BCUT2D eigenvalue weighted by molar-refractivity contribution is 6.42. The molecule has 2 aliphatic heterocycles. The van der Waals surface area contributed by atoms with Crippen molar-refractivity contribution in [2.75, 3.05) is 4.90 Å². The van der Waals surface area contributed by atoms with Gasteiger partial charge >= 0.3 is 0 Å². The standard InChI is InChI=1S/C22H22Cl2N2O2/c1-12(2)10-17-18-19(20(25-17)13-8-9-15(23)16(24)11-13)22(28)26(21(18)27)14-6-4-3-5-7-14/h3-9,11-12,17-20,25H,10H2,1-2H3/t17-,18-,19-,20-/m0/s1. The van der Waals surface area contributed by atoms with Gasteiger partial charge in [0.25, 0.3) is 0 Å². The van der Waals surface area contributed by atoms with Gasteiger partial charge in [0, 0.05) is 12.1 Å². The quantitative estimate of drug-likeness (QED) is 0.723. The zero-order chi connectivity index (χ0) is 20.0. The lowest BCUT2D eigenvalue weighted by Crippen LogP contribution is -2.40. The monoisotopic (exact) mass is 416 g/mol. The van der Waals surface area contributed by atoms with E-state index in [0.29, 0.717) is 21.7 Å². The molecule has 1 N–H and O–H groups in total. The Balaban J connectivity index is 1.75. The smallest absolute Gasteiger partial charge is 0.239 e. The Labute approximate surface area is 174 Å². The van der Waals surface area contributed by atoms with Gasteiger partial charge in [-0.05, 0) is 42.2 Å². The van der Waals surface area contributed by atoms with Crippen molar-refractivity contribution in [2.24, 2.45) is 17.8 Å². The molecule has 2 fully saturated rings. The lowest BCUT2D eigenvalue weighted by molar-refractivity contribution is -0.123. The fraction of sp³-hybridized carbons (Fsp3) is 0.364. The molecule has 2 aromatic rings. The first-order valence-corrected chi connectivity index (χ1v) is 10.3. The predicted octanol–water partition coefficient (Wildman–Crippen LogP) is 4.86. The van der Waals surface area contributed by atoms with Crippen molar-refractivity contribution in [3.8, 4) is 0 Å². The van der Waals surface area contributed by atoms with Crippen LogP contribution in [0.4, 0.5) is 5.69 Å². The van der Waals surface area contributed by atoms with Crippen LogP contribution in [0.15, 0.2) is 48.5 Å². The first-order chi connectivity index (χ1) is 13.4. The van der Waals surface area contributed by atoms with Crippen molar-refractivity contribution in [3.05, 3.63) is 64.1 Å². The molecule has 28 heavy (non-hydrogen) atoms. The zero-order valence-electron chi connectivity index (χ0n) is 15.7. The molecule has 0 aromatic heterocycles. The van der Waals surface area contributed by atoms with Crippen LogP contribution in [-0.4, -0.2) is 17.9 Å². The van der Waals surface area contributed by atoms with Crippen molar-refractivity contribution in [1.29, 1.82) is 0 Å². The maximum Gasteiger partial charge on any atom is 0.239 e. The third-order valence-electron chi connectivity index (χ3n) is 5.63. The summed E-state index contributed by atoms with van der Waals surface area (Å²) in [7, 11) is 0. The van der Waals surface area contributed by atoms with Crippen LogP contribution in [0, 0.1) is 17.8 Å². The molecule has 2 heterocycles. The maximum atomic E-state index is 13.4. The van der Waals surface area contributed by atoms with Crippen molar-refractivity contribution < 1.29 is 9.59 Å². The zero-order valence-corrected chi connectivity index (χ0v) is 17.2. The molecule has 146 valence electrons. The van der Waals surface area contributed by atoms with E-state index in [-0.39, 0.29) is 29.8 Å². The highest BCUT2D eigenvalue weighted by atomic mass is 35.5. The van der Waals surface area contributed by atoms with Gasteiger partial charge in [-0.2, -0.15) is 0 Å². The molecule has 4 rings (SSSR count). The van der Waals surface area contributed by atoms with E-state index in [1.807, 2.05) is 24.3 Å². The maximum absolute atomic E-state index is 13.4. The first-order valence-electron chi connectivity index (χ1n) is 9.52. The molecule has 0 saturated carbocycles. The van der Waals surface area contributed by atoms with E-state index in [1.54, 1.807) is 24.3 Å². The summed E-state index contributed by atoms with van der Waals surface area (Å²) >= 11 is 12.3. The number of rotatable bonds is 4. The molecular weight excluding hydrogens is 395 g/mol. The highest BCUT2D eigenvalue weighted by Gasteiger charge is 2.59. The molecule has 0 bridgehead atoms. The molecule has 0 aliphatic carbocycles. The van der Waals surface area contributed by atoms with E-state index in [2.05, 4.69) is 19.2 Å². The van der Waals surface area contributed by atoms with Crippen LogP contribution >= 0.6 is 23.2 Å². The average Bonchev–Trinajstić information content (AvgIpc) is 3.15. The SMILES string of the molecule is CC(C)C[C@@H]1N[C@@H](c2ccc(Cl)c(Cl)c2)[C@H]2C(=O)N(c3ccccc3)C(=O)[C@H]21. The molecule has 2 aromatic carbocycles. The lowest BCUT2D eigenvalue weighted by Gasteiger charge is -2.23. The molecule has 0 unspecified atom stereocenters. The number of carbonyl (C=O) groups is 2. The minimum atomic E-state index is -0.450. The van der Waals surface area contributed by atoms with E-state index in [1.165, 1.54) is 4.90 Å². The first kappa shape index (κ1) is 19.4. The Kier molecular flexibility index (Phi) is 5.21. The number of halogens is 2. The van der Waals surface area contributed by atoms with Gasteiger partial charge in [-0.3, -0.25) is 9.59 Å². The van der Waals surface area contributed by atoms with Gasteiger partial charge in [0.05, 0.1) is 27.6 Å². The molecule has 4 atom stereocenters. The van der Waals surface area contributed by atoms with Gasteiger partial charge in [-0.15, -0.1) is 0 Å². The Bertz CT molecular complexity index is 916. The highest BCUT2D eigenvalue weighted by Crippen LogP contribution is 2.47. The number of anilines is 1. The predicted molar refractivity (Wildman–Crippen MR) is 111 cm³/mol. The number of nitrogens with one attached hydrogen (secondary N) is 1. The van der Waals surface area contributed by atoms with Crippen LogP contribution in [0.25, 0.3) is 0 Å². The molecule has 2 saturated heterocycles. The number of imide groups is 1. The Morgan fingerprint density at radius 1 is 0.964 bits per heavy atom. The number of para-hydroxylation sites is 1. The summed E-state index contributed by atoms with van der Waals surface area (Å²) in [6.45, 7) is 4.25. The summed E-state index contributed by atoms with van der Waals surface area (Å²) in [5, 5.41) is 4.47. The normalized spacial score (nSPS) is 27.0. The molecule has 0 spiro atoms. The number of benzene rings is 2. The Hall–Kier alpha value is -1.88. The minimum absolute atomic E-state index is 0.0605. The summed E-state index contributed by atoms with van der Waals surface area (Å²) in [5.41, 5.74) is 1.51. The van der Waals surface area contributed by atoms with Gasteiger partial charge in [-0.1, -0.05) is 61.3 Å². The summed E-state index contributed by atoms with van der Waals surface area (Å²) in [5.74, 6) is -0.708. The van der Waals surface area contributed by atoms with Gasteiger partial charge in [0.2, 0.25) is 11.8 Å². The second kappa shape index (κ2) is 7.51. The topological polar surface area (TPSA) is 49.4 Å². The van der Waals surface area contributed by atoms with Gasteiger partial charge < -0.3 is 5.32 Å². The fourth-order valence-electron chi connectivity index (χ4n) is 4.49. The molecular formula is C22H22Cl2N2O2.